The van der Waals surface area contributed by atoms with Crippen LogP contribution in [0.2, 0.25) is 0 Å². The summed E-state index contributed by atoms with van der Waals surface area (Å²) in [4.78, 5) is 21.6. The number of imidazole rings is 1. The van der Waals surface area contributed by atoms with Crippen molar-refractivity contribution in [2.75, 3.05) is 38.0 Å². The van der Waals surface area contributed by atoms with Gasteiger partial charge in [0.05, 0.1) is 24.5 Å². The van der Waals surface area contributed by atoms with Gasteiger partial charge in [-0.25, -0.2) is 4.98 Å². The molecule has 4 rings (SSSR count). The van der Waals surface area contributed by atoms with Crippen molar-refractivity contribution in [2.45, 2.75) is 63.1 Å². The molecule has 1 aromatic carbocycles. The van der Waals surface area contributed by atoms with E-state index in [0.29, 0.717) is 24.8 Å². The van der Waals surface area contributed by atoms with Crippen molar-refractivity contribution in [1.82, 2.24) is 19.4 Å². The Morgan fingerprint density at radius 3 is 2.63 bits per heavy atom. The molecule has 1 aliphatic heterocycles. The molecule has 2 aliphatic rings. The third-order valence-corrected chi connectivity index (χ3v) is 8.93. The van der Waals surface area contributed by atoms with Gasteiger partial charge in [-0.1, -0.05) is 26.2 Å². The number of sulfonamides is 1. The SMILES string of the molecule is C[C@@H]1CN([C@H](C)CO)C(=O)c2cc(NS(=O)(=O)c3cn(C)cn3)ccc2O[C@@H]1CN(C)CC1CCCCC1. The van der Waals surface area contributed by atoms with Crippen LogP contribution in [0.3, 0.4) is 0 Å². The highest BCUT2D eigenvalue weighted by Gasteiger charge is 2.34. The highest BCUT2D eigenvalue weighted by molar-refractivity contribution is 7.92. The number of hydrogen-bond donors (Lipinski definition) is 2. The third kappa shape index (κ3) is 6.68. The van der Waals surface area contributed by atoms with Crippen LogP contribution >= 0.6 is 0 Å². The second kappa shape index (κ2) is 12.0. The number of fused-ring (bicyclic) bond motifs is 1. The van der Waals surface area contributed by atoms with Crippen LogP contribution in [0, 0.1) is 11.8 Å². The zero-order chi connectivity index (χ0) is 27.4. The molecule has 0 radical (unpaired) electrons. The Hall–Kier alpha value is -2.63. The number of nitrogens with zero attached hydrogens (tertiary/aromatic N) is 4. The fourth-order valence-corrected chi connectivity index (χ4v) is 6.46. The topological polar surface area (TPSA) is 117 Å². The summed E-state index contributed by atoms with van der Waals surface area (Å²) in [6, 6.07) is 4.36. The molecule has 1 amide bonds. The third-order valence-electron chi connectivity index (χ3n) is 7.66. The number of aromatic nitrogens is 2. The zero-order valence-electron chi connectivity index (χ0n) is 22.8. The maximum absolute atomic E-state index is 13.6. The largest absolute Gasteiger partial charge is 0.488 e. The molecule has 210 valence electrons. The van der Waals surface area contributed by atoms with E-state index in [0.717, 1.165) is 6.54 Å². The molecular formula is C27H41N5O5S. The minimum Gasteiger partial charge on any atom is -0.488 e. The number of amides is 1. The number of aryl methyl sites for hydroxylation is 1. The summed E-state index contributed by atoms with van der Waals surface area (Å²) < 4.78 is 36.2. The minimum atomic E-state index is -3.93. The van der Waals surface area contributed by atoms with Gasteiger partial charge in [-0.2, -0.15) is 8.42 Å². The molecule has 2 heterocycles. The van der Waals surface area contributed by atoms with E-state index in [4.69, 9.17) is 4.74 Å². The van der Waals surface area contributed by atoms with Crippen LogP contribution < -0.4 is 9.46 Å². The predicted molar refractivity (Wildman–Crippen MR) is 146 cm³/mol. The molecule has 2 aromatic rings. The van der Waals surface area contributed by atoms with Crippen LogP contribution in [-0.4, -0.2) is 84.2 Å². The first-order valence-corrected chi connectivity index (χ1v) is 15.0. The molecule has 38 heavy (non-hydrogen) atoms. The average Bonchev–Trinajstić information content (AvgIpc) is 3.34. The Kier molecular flexibility index (Phi) is 9.00. The summed E-state index contributed by atoms with van der Waals surface area (Å²) in [6.07, 6.45) is 9.09. The molecule has 10 nitrogen and oxygen atoms in total. The summed E-state index contributed by atoms with van der Waals surface area (Å²) in [7, 11) is -0.118. The fraction of sp³-hybridized carbons (Fsp3) is 0.630. The fourth-order valence-electron chi connectivity index (χ4n) is 5.43. The van der Waals surface area contributed by atoms with E-state index in [1.165, 1.54) is 50.7 Å². The number of nitrogens with one attached hydrogen (secondary N) is 1. The number of carbonyl (C=O) groups is 1. The molecule has 0 saturated heterocycles. The van der Waals surface area contributed by atoms with Crippen LogP contribution in [0.15, 0.2) is 35.7 Å². The smallest absolute Gasteiger partial charge is 0.280 e. The number of rotatable bonds is 9. The van der Waals surface area contributed by atoms with Gasteiger partial charge < -0.3 is 24.2 Å². The van der Waals surface area contributed by atoms with E-state index < -0.39 is 16.1 Å². The minimum absolute atomic E-state index is 0.0252. The molecule has 1 fully saturated rings. The molecular weight excluding hydrogens is 506 g/mol. The summed E-state index contributed by atoms with van der Waals surface area (Å²) in [5.74, 6) is 0.833. The van der Waals surface area contributed by atoms with Crippen molar-refractivity contribution < 1.29 is 23.1 Å². The quantitative estimate of drug-likeness (QED) is 0.496. The lowest BCUT2D eigenvalue weighted by molar-refractivity contribution is 0.0330. The molecule has 0 spiro atoms. The number of likely N-dealkylation sites (N-methyl/N-ethyl adjacent to an activating group) is 1. The number of aliphatic hydroxyl groups is 1. The van der Waals surface area contributed by atoms with Gasteiger partial charge in [0.2, 0.25) is 0 Å². The monoisotopic (exact) mass is 547 g/mol. The number of aliphatic hydroxyl groups excluding tert-OH is 1. The number of hydrogen-bond acceptors (Lipinski definition) is 7. The number of carbonyl (C=O) groups excluding carboxylic acids is 1. The highest BCUT2D eigenvalue weighted by atomic mass is 32.2. The van der Waals surface area contributed by atoms with Gasteiger partial charge in [-0.15, -0.1) is 0 Å². The zero-order valence-corrected chi connectivity index (χ0v) is 23.7. The molecule has 1 aromatic heterocycles. The van der Waals surface area contributed by atoms with E-state index in [1.807, 2.05) is 6.92 Å². The Morgan fingerprint density at radius 2 is 1.97 bits per heavy atom. The molecule has 3 atom stereocenters. The lowest BCUT2D eigenvalue weighted by atomic mass is 9.89. The molecule has 2 N–H and O–H groups in total. The van der Waals surface area contributed by atoms with Crippen LogP contribution in [0.1, 0.15) is 56.3 Å². The Balaban J connectivity index is 1.60. The molecule has 1 saturated carbocycles. The number of anilines is 1. The Morgan fingerprint density at radius 1 is 1.24 bits per heavy atom. The molecule has 0 bridgehead atoms. The van der Waals surface area contributed by atoms with Gasteiger partial charge in [0, 0.05) is 44.5 Å². The standard InChI is InChI=1S/C27H41N5O5S/c1-19-13-32(20(2)17-33)27(34)23-12-22(29-38(35,36)26-16-31(4)18-28-26)10-11-24(23)37-25(19)15-30(3)14-21-8-6-5-7-9-21/h10-12,16,18-21,25,29,33H,5-9,13-15,17H2,1-4H3/t19-,20-,25-/m1/s1. The van der Waals surface area contributed by atoms with Crippen LogP contribution in [-0.2, 0) is 17.1 Å². The van der Waals surface area contributed by atoms with Gasteiger partial charge in [0.15, 0.2) is 5.03 Å². The average molecular weight is 548 g/mol. The molecule has 1 aliphatic carbocycles. The van der Waals surface area contributed by atoms with Gasteiger partial charge in [0.25, 0.3) is 15.9 Å². The number of benzene rings is 1. The summed E-state index contributed by atoms with van der Waals surface area (Å²) in [6.45, 7) is 5.86. The highest BCUT2D eigenvalue weighted by Crippen LogP contribution is 2.32. The van der Waals surface area contributed by atoms with Gasteiger partial charge in [-0.3, -0.25) is 9.52 Å². The van der Waals surface area contributed by atoms with Crippen molar-refractivity contribution in [1.29, 1.82) is 0 Å². The summed E-state index contributed by atoms with van der Waals surface area (Å²) in [5, 5.41) is 9.78. The van der Waals surface area contributed by atoms with Gasteiger partial charge in [-0.05, 0) is 50.9 Å². The van der Waals surface area contributed by atoms with Crippen molar-refractivity contribution in [3.63, 3.8) is 0 Å². The predicted octanol–water partition coefficient (Wildman–Crippen LogP) is 2.95. The lowest BCUT2D eigenvalue weighted by Gasteiger charge is -2.38. The Labute approximate surface area is 226 Å². The van der Waals surface area contributed by atoms with E-state index in [2.05, 4.69) is 28.6 Å². The maximum atomic E-state index is 13.6. The second-order valence-electron chi connectivity index (χ2n) is 11.0. The van der Waals surface area contributed by atoms with Crippen molar-refractivity contribution in [2.24, 2.45) is 18.9 Å². The second-order valence-corrected chi connectivity index (χ2v) is 12.7. The normalized spacial score (nSPS) is 21.9. The maximum Gasteiger partial charge on any atom is 0.280 e. The van der Waals surface area contributed by atoms with Crippen molar-refractivity contribution in [3.8, 4) is 5.75 Å². The van der Waals surface area contributed by atoms with Crippen LogP contribution in [0.25, 0.3) is 0 Å². The van der Waals surface area contributed by atoms with Gasteiger partial charge >= 0.3 is 0 Å². The van der Waals surface area contributed by atoms with Crippen LogP contribution in [0.5, 0.6) is 5.75 Å². The first-order valence-electron chi connectivity index (χ1n) is 13.5. The van der Waals surface area contributed by atoms with Crippen molar-refractivity contribution >= 4 is 21.6 Å². The summed E-state index contributed by atoms with van der Waals surface area (Å²) in [5.41, 5.74) is 0.501. The van der Waals surface area contributed by atoms with E-state index >= 15 is 0 Å². The number of ether oxygens (including phenoxy) is 1. The van der Waals surface area contributed by atoms with E-state index in [-0.39, 0.29) is 40.8 Å². The van der Waals surface area contributed by atoms with Crippen molar-refractivity contribution in [3.05, 3.63) is 36.3 Å². The lowest BCUT2D eigenvalue weighted by Crippen LogP contribution is -2.50. The van der Waals surface area contributed by atoms with E-state index in [9.17, 15) is 18.3 Å². The molecule has 11 heteroatoms. The van der Waals surface area contributed by atoms with Crippen LogP contribution in [0.4, 0.5) is 5.69 Å². The van der Waals surface area contributed by atoms with Gasteiger partial charge in [0.1, 0.15) is 11.9 Å². The summed E-state index contributed by atoms with van der Waals surface area (Å²) >= 11 is 0. The molecule has 0 unspecified atom stereocenters. The first-order chi connectivity index (χ1) is 18.1. The first kappa shape index (κ1) is 28.4. The van der Waals surface area contributed by atoms with E-state index in [1.54, 1.807) is 28.6 Å². The Bertz CT molecular complexity index is 1210.